The van der Waals surface area contributed by atoms with Crippen LogP contribution in [0.25, 0.3) is 0 Å². The monoisotopic (exact) mass is 237 g/mol. The lowest BCUT2D eigenvalue weighted by Crippen LogP contribution is -2.43. The highest BCUT2D eigenvalue weighted by Crippen LogP contribution is 2.51. The highest BCUT2D eigenvalue weighted by Gasteiger charge is 2.54. The number of carbonyl (C=O) groups excluding carboxylic acids is 1. The molecular formula is C13H16FNO2. The van der Waals surface area contributed by atoms with E-state index < -0.39 is 17.4 Å². The second kappa shape index (κ2) is 4.11. The summed E-state index contributed by atoms with van der Waals surface area (Å²) < 4.78 is 18.7. The number of rotatable bonds is 3. The normalized spacial score (nSPS) is 18.6. The van der Waals surface area contributed by atoms with Gasteiger partial charge in [-0.25, -0.2) is 4.39 Å². The van der Waals surface area contributed by atoms with E-state index in [1.165, 1.54) is 7.11 Å². The summed E-state index contributed by atoms with van der Waals surface area (Å²) in [4.78, 5) is 11.5. The first-order valence-electron chi connectivity index (χ1n) is 5.62. The second-order valence-electron chi connectivity index (χ2n) is 4.59. The minimum Gasteiger partial charge on any atom is -0.468 e. The summed E-state index contributed by atoms with van der Waals surface area (Å²) >= 11 is 0. The van der Waals surface area contributed by atoms with Gasteiger partial charge >= 0.3 is 5.97 Å². The highest BCUT2D eigenvalue weighted by atomic mass is 19.1. The van der Waals surface area contributed by atoms with E-state index in [1.807, 2.05) is 0 Å². The van der Waals surface area contributed by atoms with Crippen molar-refractivity contribution in [1.82, 2.24) is 0 Å². The molecule has 3 nitrogen and oxygen atoms in total. The number of halogens is 1. The summed E-state index contributed by atoms with van der Waals surface area (Å²) in [7, 11) is 1.30. The van der Waals surface area contributed by atoms with Gasteiger partial charge in [-0.1, -0.05) is 18.2 Å². The maximum Gasteiger partial charge on any atom is 0.323 e. The first-order chi connectivity index (χ1) is 8.03. The van der Waals surface area contributed by atoms with Crippen LogP contribution in [0.5, 0.6) is 0 Å². The number of ether oxygens (including phenoxy) is 1. The molecule has 1 aromatic rings. The Hall–Kier alpha value is -1.42. The zero-order valence-corrected chi connectivity index (χ0v) is 10.00. The van der Waals surface area contributed by atoms with E-state index in [-0.39, 0.29) is 5.82 Å². The van der Waals surface area contributed by atoms with Gasteiger partial charge in [-0.15, -0.1) is 0 Å². The molecule has 92 valence electrons. The van der Waals surface area contributed by atoms with Crippen molar-refractivity contribution in [3.63, 3.8) is 0 Å². The van der Waals surface area contributed by atoms with Gasteiger partial charge in [0.1, 0.15) is 11.9 Å². The molecule has 2 rings (SSSR count). The molecule has 0 amide bonds. The highest BCUT2D eigenvalue weighted by molar-refractivity contribution is 5.79. The van der Waals surface area contributed by atoms with Crippen LogP contribution in [-0.4, -0.2) is 19.1 Å². The van der Waals surface area contributed by atoms with Gasteiger partial charge in [-0.3, -0.25) is 4.79 Å². The van der Waals surface area contributed by atoms with Crippen molar-refractivity contribution in [2.45, 2.75) is 31.2 Å². The Morgan fingerprint density at radius 2 is 2.18 bits per heavy atom. The Morgan fingerprint density at radius 1 is 1.53 bits per heavy atom. The van der Waals surface area contributed by atoms with E-state index in [1.54, 1.807) is 25.1 Å². The van der Waals surface area contributed by atoms with Crippen LogP contribution in [0.3, 0.4) is 0 Å². The Balaban J connectivity index is 2.39. The van der Waals surface area contributed by atoms with Crippen LogP contribution in [-0.2, 0) is 14.9 Å². The largest absolute Gasteiger partial charge is 0.468 e. The third kappa shape index (κ3) is 1.82. The summed E-state index contributed by atoms with van der Waals surface area (Å²) in [6.45, 7) is 1.71. The van der Waals surface area contributed by atoms with E-state index >= 15 is 0 Å². The number of aryl methyl sites for hydroxylation is 1. The molecule has 0 aromatic heterocycles. The smallest absolute Gasteiger partial charge is 0.323 e. The topological polar surface area (TPSA) is 52.3 Å². The van der Waals surface area contributed by atoms with Crippen molar-refractivity contribution in [3.8, 4) is 0 Å². The molecule has 1 fully saturated rings. The first kappa shape index (κ1) is 12.0. The third-order valence-corrected chi connectivity index (χ3v) is 3.57. The molecule has 0 bridgehead atoms. The van der Waals surface area contributed by atoms with Gasteiger partial charge in [0.05, 0.1) is 7.11 Å². The molecule has 4 heteroatoms. The van der Waals surface area contributed by atoms with Crippen molar-refractivity contribution >= 4 is 5.97 Å². The van der Waals surface area contributed by atoms with Crippen LogP contribution >= 0.6 is 0 Å². The van der Waals surface area contributed by atoms with Crippen LogP contribution in [0.1, 0.15) is 24.0 Å². The minimum atomic E-state index is -0.788. The molecule has 1 aliphatic carbocycles. The number of methoxy groups -OCH3 is 1. The fraction of sp³-hybridized carbons (Fsp3) is 0.462. The van der Waals surface area contributed by atoms with Crippen molar-refractivity contribution < 1.29 is 13.9 Å². The van der Waals surface area contributed by atoms with Crippen LogP contribution in [0.2, 0.25) is 0 Å². The van der Waals surface area contributed by atoms with Gasteiger partial charge in [0.15, 0.2) is 0 Å². The van der Waals surface area contributed by atoms with Gasteiger partial charge in [-0.05, 0) is 30.9 Å². The standard InChI is InChI=1S/C13H16FNO2/c1-8-4-3-5-9(10(8)14)13(6-7-13)11(15)12(16)17-2/h3-5,11H,6-7,15H2,1-2H3. The maximum atomic E-state index is 14.1. The Morgan fingerprint density at radius 3 is 2.71 bits per heavy atom. The van der Waals surface area contributed by atoms with Gasteiger partial charge in [0.2, 0.25) is 0 Å². The quantitative estimate of drug-likeness (QED) is 0.813. The van der Waals surface area contributed by atoms with Crippen molar-refractivity contribution in [1.29, 1.82) is 0 Å². The lowest BCUT2D eigenvalue weighted by atomic mass is 9.87. The van der Waals surface area contributed by atoms with E-state index in [0.29, 0.717) is 11.1 Å². The first-order valence-corrected chi connectivity index (χ1v) is 5.62. The summed E-state index contributed by atoms with van der Waals surface area (Å²) in [5, 5.41) is 0. The summed E-state index contributed by atoms with van der Waals surface area (Å²) in [5.41, 5.74) is 6.42. The van der Waals surface area contributed by atoms with Gasteiger partial charge < -0.3 is 10.5 Å². The molecule has 17 heavy (non-hydrogen) atoms. The zero-order valence-electron chi connectivity index (χ0n) is 10.00. The number of hydrogen-bond donors (Lipinski definition) is 1. The molecule has 1 saturated carbocycles. The predicted octanol–water partition coefficient (Wildman–Crippen LogP) is 1.67. The van der Waals surface area contributed by atoms with Crippen LogP contribution in [0.4, 0.5) is 4.39 Å². The molecule has 0 radical (unpaired) electrons. The molecular weight excluding hydrogens is 221 g/mol. The van der Waals surface area contributed by atoms with Crippen molar-refractivity contribution in [3.05, 3.63) is 35.1 Å². The fourth-order valence-electron chi connectivity index (χ4n) is 2.27. The lowest BCUT2D eigenvalue weighted by molar-refractivity contribution is -0.143. The maximum absolute atomic E-state index is 14.1. The average molecular weight is 237 g/mol. The molecule has 2 N–H and O–H groups in total. The van der Waals surface area contributed by atoms with Gasteiger partial charge in [-0.2, -0.15) is 0 Å². The second-order valence-corrected chi connectivity index (χ2v) is 4.59. The number of benzene rings is 1. The molecule has 1 aromatic carbocycles. The molecule has 1 unspecified atom stereocenters. The summed E-state index contributed by atoms with van der Waals surface area (Å²) in [6, 6.07) is 4.41. The Kier molecular flexibility index (Phi) is 2.91. The molecule has 0 spiro atoms. The molecule has 1 aliphatic rings. The summed E-state index contributed by atoms with van der Waals surface area (Å²) in [6.07, 6.45) is 1.45. The Labute approximate surface area is 99.8 Å². The molecule has 0 heterocycles. The minimum absolute atomic E-state index is 0.260. The van der Waals surface area contributed by atoms with E-state index in [4.69, 9.17) is 5.73 Å². The number of esters is 1. The molecule has 0 aliphatic heterocycles. The summed E-state index contributed by atoms with van der Waals surface area (Å²) in [5.74, 6) is -0.743. The van der Waals surface area contributed by atoms with Crippen LogP contribution in [0, 0.1) is 12.7 Å². The predicted molar refractivity (Wildman–Crippen MR) is 62.0 cm³/mol. The lowest BCUT2D eigenvalue weighted by Gasteiger charge is -2.22. The molecule has 0 saturated heterocycles. The average Bonchev–Trinajstić information content (AvgIpc) is 3.12. The zero-order chi connectivity index (χ0) is 12.6. The van der Waals surface area contributed by atoms with E-state index in [0.717, 1.165) is 12.8 Å². The SMILES string of the molecule is COC(=O)C(N)C1(c2cccc(C)c2F)CC1. The fourth-order valence-corrected chi connectivity index (χ4v) is 2.27. The van der Waals surface area contributed by atoms with E-state index in [2.05, 4.69) is 4.74 Å². The van der Waals surface area contributed by atoms with E-state index in [9.17, 15) is 9.18 Å². The number of nitrogens with two attached hydrogens (primary N) is 1. The van der Waals surface area contributed by atoms with Crippen molar-refractivity contribution in [2.24, 2.45) is 5.73 Å². The van der Waals surface area contributed by atoms with Gasteiger partial charge in [0.25, 0.3) is 0 Å². The van der Waals surface area contributed by atoms with Gasteiger partial charge in [0, 0.05) is 5.41 Å². The third-order valence-electron chi connectivity index (χ3n) is 3.57. The molecule has 1 atom stereocenters. The van der Waals surface area contributed by atoms with Crippen molar-refractivity contribution in [2.75, 3.05) is 7.11 Å². The number of carbonyl (C=O) groups is 1. The van der Waals surface area contributed by atoms with Crippen LogP contribution < -0.4 is 5.73 Å². The van der Waals surface area contributed by atoms with Crippen LogP contribution in [0.15, 0.2) is 18.2 Å². The Bertz CT molecular complexity index is 455. The number of hydrogen-bond acceptors (Lipinski definition) is 3.